The molecule has 1 amide bonds. The van der Waals surface area contributed by atoms with Gasteiger partial charge in [-0.3, -0.25) is 14.4 Å². The van der Waals surface area contributed by atoms with Gasteiger partial charge in [-0.15, -0.1) is 11.8 Å². The van der Waals surface area contributed by atoms with E-state index >= 15 is 0 Å². The highest BCUT2D eigenvalue weighted by atomic mass is 32.2. The average molecular weight is 375 g/mol. The Morgan fingerprint density at radius 1 is 1.31 bits per heavy atom. The Bertz CT molecular complexity index is 730. The van der Waals surface area contributed by atoms with Crippen LogP contribution in [-0.2, 0) is 35.7 Å². The number of nitrogens with one attached hydrogen (secondary N) is 1. The first-order valence-electron chi connectivity index (χ1n) is 8.84. The number of hydrogen-bond acceptors (Lipinski definition) is 5. The molecule has 2 aromatic rings. The molecule has 2 heterocycles. The second-order valence-corrected chi connectivity index (χ2v) is 7.35. The number of thioether (sulfide) groups is 1. The van der Waals surface area contributed by atoms with E-state index in [2.05, 4.69) is 56.6 Å². The van der Waals surface area contributed by atoms with Gasteiger partial charge in [-0.1, -0.05) is 12.1 Å². The molecular weight excluding hydrogens is 348 g/mol. The van der Waals surface area contributed by atoms with Crippen LogP contribution in [0.2, 0.25) is 0 Å². The van der Waals surface area contributed by atoms with Crippen molar-refractivity contribution < 1.29 is 9.53 Å². The topological polar surface area (TPSA) is 59.4 Å². The van der Waals surface area contributed by atoms with E-state index in [1.54, 1.807) is 11.8 Å². The van der Waals surface area contributed by atoms with Crippen molar-refractivity contribution in [2.75, 3.05) is 26.5 Å². The molecule has 0 saturated carbocycles. The Hall–Kier alpha value is -1.83. The summed E-state index contributed by atoms with van der Waals surface area (Å²) in [6, 6.07) is 10.9. The number of aromatic nitrogens is 2. The van der Waals surface area contributed by atoms with Crippen LogP contribution in [0.15, 0.2) is 35.2 Å². The van der Waals surface area contributed by atoms with Crippen LogP contribution < -0.4 is 5.32 Å². The molecule has 7 heteroatoms. The van der Waals surface area contributed by atoms with Crippen molar-refractivity contribution in [1.29, 1.82) is 0 Å². The lowest BCUT2D eigenvalue weighted by Crippen LogP contribution is -2.26. The summed E-state index contributed by atoms with van der Waals surface area (Å²) in [5.41, 5.74) is 3.44. The largest absolute Gasteiger partial charge is 0.375 e. The van der Waals surface area contributed by atoms with Crippen molar-refractivity contribution >= 4 is 17.7 Å². The number of amides is 1. The van der Waals surface area contributed by atoms with Crippen LogP contribution in [0.1, 0.15) is 23.4 Å². The number of methoxy groups -OCH3 is 1. The lowest BCUT2D eigenvalue weighted by atomic mass is 10.2. The molecule has 0 aliphatic carbocycles. The van der Waals surface area contributed by atoms with Crippen LogP contribution in [0.25, 0.3) is 0 Å². The summed E-state index contributed by atoms with van der Waals surface area (Å²) in [5.74, 6) is -0.119. The maximum Gasteiger partial charge on any atom is 0.246 e. The summed E-state index contributed by atoms with van der Waals surface area (Å²) in [6.07, 6.45) is 3.17. The molecule has 1 aliphatic heterocycles. The van der Waals surface area contributed by atoms with E-state index in [9.17, 15) is 4.79 Å². The third kappa shape index (κ3) is 5.09. The van der Waals surface area contributed by atoms with Gasteiger partial charge in [0.2, 0.25) is 5.91 Å². The normalized spacial score (nSPS) is 14.7. The Balaban J connectivity index is 1.60. The van der Waals surface area contributed by atoms with E-state index in [-0.39, 0.29) is 12.5 Å². The van der Waals surface area contributed by atoms with Gasteiger partial charge >= 0.3 is 0 Å². The molecule has 0 spiro atoms. The SMILES string of the molecule is COCC(=O)NCc1cc2n(n1)CCCN(Cc1ccc(SC)cc1)C2. The van der Waals surface area contributed by atoms with Crippen LogP contribution in [0.5, 0.6) is 0 Å². The number of rotatable bonds is 7. The molecular formula is C19H26N4O2S. The maximum absolute atomic E-state index is 11.5. The van der Waals surface area contributed by atoms with Crippen LogP contribution in [0.4, 0.5) is 0 Å². The van der Waals surface area contributed by atoms with Crippen LogP contribution in [0, 0.1) is 0 Å². The summed E-state index contributed by atoms with van der Waals surface area (Å²) in [6.45, 7) is 4.33. The van der Waals surface area contributed by atoms with Crippen molar-refractivity contribution in [3.05, 3.63) is 47.3 Å². The zero-order valence-electron chi connectivity index (χ0n) is 15.4. The number of benzene rings is 1. The Kier molecular flexibility index (Phi) is 6.71. The Labute approximate surface area is 158 Å². The molecule has 0 unspecified atom stereocenters. The van der Waals surface area contributed by atoms with E-state index in [0.717, 1.165) is 38.3 Å². The van der Waals surface area contributed by atoms with Crippen LogP contribution in [-0.4, -0.2) is 47.1 Å². The summed E-state index contributed by atoms with van der Waals surface area (Å²) in [7, 11) is 1.52. The number of hydrogen-bond donors (Lipinski definition) is 1. The molecule has 1 N–H and O–H groups in total. The molecule has 1 aliphatic rings. The van der Waals surface area contributed by atoms with Gasteiger partial charge in [0, 0.05) is 38.2 Å². The van der Waals surface area contributed by atoms with Crippen LogP contribution in [0.3, 0.4) is 0 Å². The fourth-order valence-corrected chi connectivity index (χ4v) is 3.58. The first-order chi connectivity index (χ1) is 12.7. The molecule has 0 atom stereocenters. The van der Waals surface area contributed by atoms with E-state index in [4.69, 9.17) is 4.74 Å². The number of nitrogens with zero attached hydrogens (tertiary/aromatic N) is 3. The number of ether oxygens (including phenoxy) is 1. The van der Waals surface area contributed by atoms with Crippen molar-refractivity contribution in [2.45, 2.75) is 37.5 Å². The zero-order valence-corrected chi connectivity index (χ0v) is 16.2. The minimum Gasteiger partial charge on any atom is -0.375 e. The number of carbonyl (C=O) groups excluding carboxylic acids is 1. The molecule has 140 valence electrons. The third-order valence-electron chi connectivity index (χ3n) is 4.45. The second-order valence-electron chi connectivity index (χ2n) is 6.47. The van der Waals surface area contributed by atoms with E-state index < -0.39 is 0 Å². The summed E-state index contributed by atoms with van der Waals surface area (Å²) in [4.78, 5) is 15.3. The molecule has 0 fully saturated rings. The van der Waals surface area contributed by atoms with Gasteiger partial charge in [-0.2, -0.15) is 5.10 Å². The van der Waals surface area contributed by atoms with Gasteiger partial charge < -0.3 is 10.1 Å². The highest BCUT2D eigenvalue weighted by molar-refractivity contribution is 7.98. The summed E-state index contributed by atoms with van der Waals surface area (Å²) >= 11 is 1.77. The lowest BCUT2D eigenvalue weighted by molar-refractivity contribution is -0.124. The molecule has 0 bridgehead atoms. The van der Waals surface area contributed by atoms with Gasteiger partial charge in [0.15, 0.2) is 0 Å². The van der Waals surface area contributed by atoms with Crippen molar-refractivity contribution in [1.82, 2.24) is 20.0 Å². The van der Waals surface area contributed by atoms with Crippen molar-refractivity contribution in [3.63, 3.8) is 0 Å². The zero-order chi connectivity index (χ0) is 18.4. The number of aryl methyl sites for hydroxylation is 1. The van der Waals surface area contributed by atoms with E-state index in [0.29, 0.717) is 6.54 Å². The first kappa shape index (κ1) is 18.9. The van der Waals surface area contributed by atoms with E-state index in [1.807, 2.05) is 0 Å². The quantitative estimate of drug-likeness (QED) is 0.754. The Morgan fingerprint density at radius 3 is 2.85 bits per heavy atom. The minimum atomic E-state index is -0.119. The maximum atomic E-state index is 11.5. The minimum absolute atomic E-state index is 0.0800. The van der Waals surface area contributed by atoms with E-state index in [1.165, 1.54) is 23.3 Å². The highest BCUT2D eigenvalue weighted by Gasteiger charge is 2.17. The number of fused-ring (bicyclic) bond motifs is 1. The molecule has 3 rings (SSSR count). The molecule has 0 radical (unpaired) electrons. The fraction of sp³-hybridized carbons (Fsp3) is 0.474. The second kappa shape index (κ2) is 9.21. The predicted octanol–water partition coefficient (Wildman–Crippen LogP) is 2.27. The van der Waals surface area contributed by atoms with Gasteiger partial charge in [-0.25, -0.2) is 0 Å². The standard InChI is InChI=1S/C19H26N4O2S/c1-25-14-19(24)20-11-16-10-17-13-22(8-3-9-23(17)21-16)12-15-4-6-18(26-2)7-5-15/h4-7,10H,3,8-9,11-14H2,1-2H3,(H,20,24). The first-order valence-corrected chi connectivity index (χ1v) is 10.1. The smallest absolute Gasteiger partial charge is 0.246 e. The van der Waals surface area contributed by atoms with Gasteiger partial charge in [0.25, 0.3) is 0 Å². The summed E-state index contributed by atoms with van der Waals surface area (Å²) < 4.78 is 6.91. The molecule has 26 heavy (non-hydrogen) atoms. The average Bonchev–Trinajstić information content (AvgIpc) is 2.93. The summed E-state index contributed by atoms with van der Waals surface area (Å²) in [5, 5.41) is 7.47. The monoisotopic (exact) mass is 374 g/mol. The van der Waals surface area contributed by atoms with Crippen LogP contribution >= 0.6 is 11.8 Å². The predicted molar refractivity (Wildman–Crippen MR) is 103 cm³/mol. The Morgan fingerprint density at radius 2 is 2.12 bits per heavy atom. The molecule has 1 aromatic carbocycles. The van der Waals surface area contributed by atoms with Gasteiger partial charge in [-0.05, 0) is 36.4 Å². The molecule has 6 nitrogen and oxygen atoms in total. The van der Waals surface area contributed by atoms with Gasteiger partial charge in [0.05, 0.1) is 17.9 Å². The molecule has 0 saturated heterocycles. The molecule has 1 aromatic heterocycles. The highest BCUT2D eigenvalue weighted by Crippen LogP contribution is 2.19. The number of carbonyl (C=O) groups is 1. The fourth-order valence-electron chi connectivity index (χ4n) is 3.17. The van der Waals surface area contributed by atoms with Crippen molar-refractivity contribution in [3.8, 4) is 0 Å². The van der Waals surface area contributed by atoms with Gasteiger partial charge in [0.1, 0.15) is 6.61 Å². The lowest BCUT2D eigenvalue weighted by Gasteiger charge is -2.19. The third-order valence-corrected chi connectivity index (χ3v) is 5.19. The van der Waals surface area contributed by atoms with Crippen molar-refractivity contribution in [2.24, 2.45) is 0 Å².